The number of thioether (sulfide) groups is 1. The van der Waals surface area contributed by atoms with Gasteiger partial charge in [-0.3, -0.25) is 4.79 Å². The monoisotopic (exact) mass is 340 g/mol. The van der Waals surface area contributed by atoms with E-state index in [2.05, 4.69) is 10.2 Å². The Balaban J connectivity index is 1.94. The van der Waals surface area contributed by atoms with Crippen LogP contribution in [0.5, 0.6) is 0 Å². The molecule has 0 spiro atoms. The number of nitrogen functional groups attached to an aromatic ring is 1. The molecule has 0 aliphatic carbocycles. The first-order chi connectivity index (χ1) is 10.6. The third-order valence-electron chi connectivity index (χ3n) is 2.87. The Labute approximate surface area is 136 Å². The van der Waals surface area contributed by atoms with Crippen LogP contribution in [0.2, 0.25) is 0 Å². The van der Waals surface area contributed by atoms with E-state index in [0.717, 1.165) is 12.0 Å². The standard InChI is InChI=1S/C14H17FN4OS2/c1-2-7-19(8-10-3-5-11(15)6-4-10)12(20)9-21-14-18-17-13(16)22-14/h3-6H,2,7-9H2,1H3,(H2,16,17). The van der Waals surface area contributed by atoms with Gasteiger partial charge in [-0.25, -0.2) is 4.39 Å². The molecule has 0 saturated heterocycles. The molecule has 0 saturated carbocycles. The zero-order chi connectivity index (χ0) is 15.9. The Morgan fingerprint density at radius 3 is 2.68 bits per heavy atom. The molecule has 1 heterocycles. The average molecular weight is 340 g/mol. The number of hydrogen-bond acceptors (Lipinski definition) is 6. The molecule has 22 heavy (non-hydrogen) atoms. The van der Waals surface area contributed by atoms with Crippen molar-refractivity contribution in [1.29, 1.82) is 0 Å². The number of hydrogen-bond donors (Lipinski definition) is 1. The molecule has 0 unspecified atom stereocenters. The molecular formula is C14H17FN4OS2. The van der Waals surface area contributed by atoms with Crippen LogP contribution in [0.15, 0.2) is 28.6 Å². The highest BCUT2D eigenvalue weighted by Crippen LogP contribution is 2.24. The Morgan fingerprint density at radius 2 is 2.09 bits per heavy atom. The highest BCUT2D eigenvalue weighted by molar-refractivity contribution is 8.01. The minimum absolute atomic E-state index is 0.0185. The number of amides is 1. The first-order valence-electron chi connectivity index (χ1n) is 6.82. The lowest BCUT2D eigenvalue weighted by Gasteiger charge is -2.22. The lowest BCUT2D eigenvalue weighted by Crippen LogP contribution is -2.32. The molecule has 1 amide bonds. The number of aromatic nitrogens is 2. The summed E-state index contributed by atoms with van der Waals surface area (Å²) in [4.78, 5) is 14.1. The highest BCUT2D eigenvalue weighted by Gasteiger charge is 2.15. The highest BCUT2D eigenvalue weighted by atomic mass is 32.2. The van der Waals surface area contributed by atoms with Crippen molar-refractivity contribution in [2.75, 3.05) is 18.0 Å². The summed E-state index contributed by atoms with van der Waals surface area (Å²) in [6, 6.07) is 6.21. The summed E-state index contributed by atoms with van der Waals surface area (Å²) >= 11 is 2.60. The molecule has 0 aliphatic heterocycles. The van der Waals surface area contributed by atoms with Crippen LogP contribution in [-0.2, 0) is 11.3 Å². The van der Waals surface area contributed by atoms with Gasteiger partial charge in [0.05, 0.1) is 5.75 Å². The summed E-state index contributed by atoms with van der Waals surface area (Å²) in [6.45, 7) is 3.16. The van der Waals surface area contributed by atoms with Crippen molar-refractivity contribution < 1.29 is 9.18 Å². The van der Waals surface area contributed by atoms with Gasteiger partial charge in [0.25, 0.3) is 0 Å². The van der Waals surface area contributed by atoms with E-state index in [0.29, 0.717) is 22.6 Å². The Kier molecular flexibility index (Phi) is 6.14. The zero-order valence-electron chi connectivity index (χ0n) is 12.2. The molecular weight excluding hydrogens is 323 g/mol. The molecule has 0 radical (unpaired) electrons. The van der Waals surface area contributed by atoms with Crippen LogP contribution in [0.4, 0.5) is 9.52 Å². The number of nitrogens with zero attached hydrogens (tertiary/aromatic N) is 3. The predicted molar refractivity (Wildman–Crippen MR) is 87.2 cm³/mol. The Bertz CT molecular complexity index is 618. The minimum atomic E-state index is -0.276. The molecule has 0 fully saturated rings. The Hall–Kier alpha value is -1.67. The van der Waals surface area contributed by atoms with Gasteiger partial charge < -0.3 is 10.6 Å². The van der Waals surface area contributed by atoms with Crippen LogP contribution in [0.1, 0.15) is 18.9 Å². The molecule has 118 valence electrons. The second-order valence-corrected chi connectivity index (χ2v) is 6.87. The van der Waals surface area contributed by atoms with Gasteiger partial charge in [0.1, 0.15) is 5.82 Å². The summed E-state index contributed by atoms with van der Waals surface area (Å²) in [7, 11) is 0. The topological polar surface area (TPSA) is 72.1 Å². The van der Waals surface area contributed by atoms with Crippen molar-refractivity contribution in [2.24, 2.45) is 0 Å². The molecule has 1 aromatic carbocycles. The number of anilines is 1. The SMILES string of the molecule is CCCN(Cc1ccc(F)cc1)C(=O)CSc1nnc(N)s1. The van der Waals surface area contributed by atoms with Gasteiger partial charge in [0.15, 0.2) is 4.34 Å². The molecule has 0 bridgehead atoms. The van der Waals surface area contributed by atoms with E-state index in [1.807, 2.05) is 6.92 Å². The number of halogens is 1. The second kappa shape index (κ2) is 8.09. The molecule has 8 heteroatoms. The van der Waals surface area contributed by atoms with E-state index in [9.17, 15) is 9.18 Å². The Morgan fingerprint density at radius 1 is 1.36 bits per heavy atom. The van der Waals surface area contributed by atoms with Gasteiger partial charge in [0, 0.05) is 13.1 Å². The summed E-state index contributed by atoms with van der Waals surface area (Å²) in [5.74, 6) is 0.0296. The summed E-state index contributed by atoms with van der Waals surface area (Å²) in [6.07, 6.45) is 0.864. The van der Waals surface area contributed by atoms with E-state index < -0.39 is 0 Å². The van der Waals surface area contributed by atoms with Crippen LogP contribution in [0, 0.1) is 5.82 Å². The lowest BCUT2D eigenvalue weighted by molar-refractivity contribution is -0.129. The van der Waals surface area contributed by atoms with Gasteiger partial charge in [-0.2, -0.15) is 0 Å². The molecule has 2 N–H and O–H groups in total. The molecule has 0 atom stereocenters. The van der Waals surface area contributed by atoms with E-state index in [-0.39, 0.29) is 17.5 Å². The van der Waals surface area contributed by atoms with Crippen molar-refractivity contribution in [2.45, 2.75) is 24.2 Å². The zero-order valence-corrected chi connectivity index (χ0v) is 13.8. The van der Waals surface area contributed by atoms with Crippen LogP contribution in [0.25, 0.3) is 0 Å². The number of rotatable bonds is 7. The van der Waals surface area contributed by atoms with E-state index in [1.165, 1.54) is 35.2 Å². The minimum Gasteiger partial charge on any atom is -0.374 e. The number of carbonyl (C=O) groups is 1. The van der Waals surface area contributed by atoms with Crippen molar-refractivity contribution in [3.05, 3.63) is 35.6 Å². The first-order valence-corrected chi connectivity index (χ1v) is 8.62. The first kappa shape index (κ1) is 16.7. The van der Waals surface area contributed by atoms with Crippen LogP contribution < -0.4 is 5.73 Å². The molecule has 2 aromatic rings. The van der Waals surface area contributed by atoms with E-state index >= 15 is 0 Å². The van der Waals surface area contributed by atoms with Crippen molar-refractivity contribution in [3.8, 4) is 0 Å². The quantitative estimate of drug-likeness (QED) is 0.785. The number of nitrogens with two attached hydrogens (primary N) is 1. The summed E-state index contributed by atoms with van der Waals surface area (Å²) < 4.78 is 13.6. The molecule has 1 aromatic heterocycles. The average Bonchev–Trinajstić information content (AvgIpc) is 2.92. The van der Waals surface area contributed by atoms with Crippen LogP contribution in [0.3, 0.4) is 0 Å². The second-order valence-electron chi connectivity index (χ2n) is 4.64. The molecule has 2 rings (SSSR count). The van der Waals surface area contributed by atoms with E-state index in [1.54, 1.807) is 17.0 Å². The number of benzene rings is 1. The maximum atomic E-state index is 12.9. The summed E-state index contributed by atoms with van der Waals surface area (Å²) in [5, 5.41) is 7.99. The fourth-order valence-corrected chi connectivity index (χ4v) is 3.40. The fourth-order valence-electron chi connectivity index (χ4n) is 1.87. The van der Waals surface area contributed by atoms with E-state index in [4.69, 9.17) is 5.73 Å². The van der Waals surface area contributed by atoms with Crippen molar-refractivity contribution in [1.82, 2.24) is 15.1 Å². The fraction of sp³-hybridized carbons (Fsp3) is 0.357. The van der Waals surface area contributed by atoms with Gasteiger partial charge in [-0.15, -0.1) is 10.2 Å². The predicted octanol–water partition coefficient (Wildman–Crippen LogP) is 2.79. The van der Waals surface area contributed by atoms with Crippen molar-refractivity contribution >= 4 is 34.1 Å². The van der Waals surface area contributed by atoms with Crippen molar-refractivity contribution in [3.63, 3.8) is 0 Å². The summed E-state index contributed by atoms with van der Waals surface area (Å²) in [5.41, 5.74) is 6.42. The maximum absolute atomic E-state index is 12.9. The van der Waals surface area contributed by atoms with Gasteiger partial charge >= 0.3 is 0 Å². The smallest absolute Gasteiger partial charge is 0.233 e. The number of carbonyl (C=O) groups excluding carboxylic acids is 1. The third kappa shape index (κ3) is 4.96. The molecule has 0 aliphatic rings. The van der Waals surface area contributed by atoms with Gasteiger partial charge in [-0.05, 0) is 24.1 Å². The van der Waals surface area contributed by atoms with Gasteiger partial charge in [-0.1, -0.05) is 42.2 Å². The lowest BCUT2D eigenvalue weighted by atomic mass is 10.2. The molecule has 5 nitrogen and oxygen atoms in total. The van der Waals surface area contributed by atoms with Crippen LogP contribution >= 0.6 is 23.1 Å². The van der Waals surface area contributed by atoms with Crippen LogP contribution in [-0.4, -0.2) is 33.3 Å². The van der Waals surface area contributed by atoms with Gasteiger partial charge in [0.2, 0.25) is 11.0 Å². The third-order valence-corrected chi connectivity index (χ3v) is 4.74. The normalized spacial score (nSPS) is 10.6. The maximum Gasteiger partial charge on any atom is 0.233 e. The largest absolute Gasteiger partial charge is 0.374 e.